The van der Waals surface area contributed by atoms with Gasteiger partial charge in [0.15, 0.2) is 5.69 Å². The van der Waals surface area contributed by atoms with E-state index < -0.39 is 5.97 Å². The average Bonchev–Trinajstić information content (AvgIpc) is 2.42. The van der Waals surface area contributed by atoms with Gasteiger partial charge in [-0.25, -0.2) is 9.48 Å². The predicted molar refractivity (Wildman–Crippen MR) is 48.7 cm³/mol. The van der Waals surface area contributed by atoms with Gasteiger partial charge in [-0.05, 0) is 13.8 Å². The van der Waals surface area contributed by atoms with Crippen LogP contribution >= 0.6 is 0 Å². The molecule has 0 saturated carbocycles. The van der Waals surface area contributed by atoms with Crippen molar-refractivity contribution >= 4 is 11.8 Å². The van der Waals surface area contributed by atoms with Crippen LogP contribution in [0.25, 0.3) is 0 Å². The molecule has 0 radical (unpaired) electrons. The molecular weight excluding hydrogens is 184 g/mol. The second-order valence-corrected chi connectivity index (χ2v) is 3.06. The predicted octanol–water partition coefficient (Wildman–Crippen LogP) is 0.616. The highest BCUT2D eigenvalue weighted by molar-refractivity contribution is 5.90. The molecule has 0 fully saturated rings. The Hall–Kier alpha value is -2.03. The molecule has 0 spiro atoms. The van der Waals surface area contributed by atoms with Crippen LogP contribution in [0.15, 0.2) is 0 Å². The molecule has 0 bridgehead atoms. The van der Waals surface area contributed by atoms with E-state index in [0.717, 1.165) is 0 Å². The molecule has 0 aromatic carbocycles. The van der Waals surface area contributed by atoms with Gasteiger partial charge < -0.3 is 10.8 Å². The minimum absolute atomic E-state index is 0.0739. The molecule has 6 heteroatoms. The van der Waals surface area contributed by atoms with E-state index in [4.69, 9.17) is 16.1 Å². The van der Waals surface area contributed by atoms with Gasteiger partial charge in [0.1, 0.15) is 17.5 Å². The first kappa shape index (κ1) is 10.1. The molecule has 0 aliphatic carbocycles. The van der Waals surface area contributed by atoms with Gasteiger partial charge in [-0.2, -0.15) is 10.4 Å². The van der Waals surface area contributed by atoms with Crippen molar-refractivity contribution in [3.8, 4) is 6.07 Å². The number of nitriles is 1. The Morgan fingerprint density at radius 3 is 2.57 bits per heavy atom. The normalized spacial score (nSPS) is 10.1. The number of carbonyl (C=O) groups is 1. The van der Waals surface area contributed by atoms with Crippen LogP contribution in [0.2, 0.25) is 0 Å². The topological polar surface area (TPSA) is 105 Å². The van der Waals surface area contributed by atoms with Gasteiger partial charge in [0, 0.05) is 6.04 Å². The van der Waals surface area contributed by atoms with Gasteiger partial charge in [0.05, 0.1) is 0 Å². The molecule has 6 nitrogen and oxygen atoms in total. The van der Waals surface area contributed by atoms with Crippen molar-refractivity contribution in [2.75, 3.05) is 5.73 Å². The second kappa shape index (κ2) is 3.38. The van der Waals surface area contributed by atoms with Crippen molar-refractivity contribution in [3.63, 3.8) is 0 Å². The van der Waals surface area contributed by atoms with E-state index >= 15 is 0 Å². The Morgan fingerprint density at radius 1 is 1.71 bits per heavy atom. The first-order valence-electron chi connectivity index (χ1n) is 4.00. The van der Waals surface area contributed by atoms with E-state index in [9.17, 15) is 4.79 Å². The van der Waals surface area contributed by atoms with Crippen LogP contribution in [0, 0.1) is 11.3 Å². The molecule has 74 valence electrons. The molecular formula is C8H10N4O2. The maximum atomic E-state index is 10.7. The number of nitrogens with two attached hydrogens (primary N) is 1. The smallest absolute Gasteiger partial charge is 0.357 e. The molecule has 0 saturated heterocycles. The maximum absolute atomic E-state index is 10.7. The highest BCUT2D eigenvalue weighted by atomic mass is 16.4. The second-order valence-electron chi connectivity index (χ2n) is 3.06. The zero-order valence-electron chi connectivity index (χ0n) is 7.85. The lowest BCUT2D eigenvalue weighted by molar-refractivity contribution is 0.0689. The largest absolute Gasteiger partial charge is 0.476 e. The Kier molecular flexibility index (Phi) is 2.42. The molecule has 0 unspecified atom stereocenters. The first-order chi connectivity index (χ1) is 6.49. The van der Waals surface area contributed by atoms with E-state index in [1.807, 2.05) is 0 Å². The van der Waals surface area contributed by atoms with Crippen molar-refractivity contribution in [2.24, 2.45) is 0 Å². The van der Waals surface area contributed by atoms with Crippen molar-refractivity contribution < 1.29 is 9.90 Å². The van der Waals surface area contributed by atoms with Crippen LogP contribution in [0.1, 0.15) is 35.9 Å². The minimum atomic E-state index is -1.24. The van der Waals surface area contributed by atoms with Gasteiger partial charge in [-0.3, -0.25) is 0 Å². The highest BCUT2D eigenvalue weighted by Gasteiger charge is 2.21. The molecule has 0 aliphatic heterocycles. The van der Waals surface area contributed by atoms with Gasteiger partial charge in [0.2, 0.25) is 0 Å². The van der Waals surface area contributed by atoms with E-state index in [1.165, 1.54) is 4.68 Å². The van der Waals surface area contributed by atoms with Gasteiger partial charge in [-0.1, -0.05) is 0 Å². The van der Waals surface area contributed by atoms with Crippen molar-refractivity contribution in [1.29, 1.82) is 5.26 Å². The maximum Gasteiger partial charge on any atom is 0.357 e. The molecule has 0 aliphatic rings. The van der Waals surface area contributed by atoms with E-state index in [-0.39, 0.29) is 23.1 Å². The van der Waals surface area contributed by atoms with Crippen LogP contribution < -0.4 is 5.73 Å². The summed E-state index contributed by atoms with van der Waals surface area (Å²) in [5.74, 6) is -1.15. The number of hydrogen-bond donors (Lipinski definition) is 2. The molecule has 0 atom stereocenters. The number of nitrogen functional groups attached to an aromatic ring is 1. The van der Waals surface area contributed by atoms with Gasteiger partial charge in [0.25, 0.3) is 0 Å². The van der Waals surface area contributed by atoms with E-state index in [2.05, 4.69) is 5.10 Å². The number of carboxylic acid groups (broad SMARTS) is 1. The lowest BCUT2D eigenvalue weighted by Crippen LogP contribution is -2.07. The summed E-state index contributed by atoms with van der Waals surface area (Å²) in [6, 6.07) is 1.66. The third-order valence-electron chi connectivity index (χ3n) is 1.75. The minimum Gasteiger partial charge on any atom is -0.476 e. The number of nitrogens with zero attached hydrogens (tertiary/aromatic N) is 3. The lowest BCUT2D eigenvalue weighted by atomic mass is 10.2. The van der Waals surface area contributed by atoms with Crippen molar-refractivity contribution in [3.05, 3.63) is 11.3 Å². The molecule has 3 N–H and O–H groups in total. The zero-order chi connectivity index (χ0) is 10.9. The summed E-state index contributed by atoms with van der Waals surface area (Å²) in [6.45, 7) is 3.60. The van der Waals surface area contributed by atoms with E-state index in [0.29, 0.717) is 0 Å². The molecule has 1 heterocycles. The Morgan fingerprint density at radius 2 is 2.29 bits per heavy atom. The van der Waals surface area contributed by atoms with E-state index in [1.54, 1.807) is 19.9 Å². The Balaban J connectivity index is 3.41. The average molecular weight is 194 g/mol. The SMILES string of the molecule is CC(C)n1nc(C(=O)O)c(C#N)c1N. The van der Waals surface area contributed by atoms with Gasteiger partial charge in [-0.15, -0.1) is 0 Å². The lowest BCUT2D eigenvalue weighted by Gasteiger charge is -2.06. The summed E-state index contributed by atoms with van der Waals surface area (Å²) in [6.07, 6.45) is 0. The van der Waals surface area contributed by atoms with Crippen LogP contribution in [0.5, 0.6) is 0 Å². The Bertz CT molecular complexity index is 414. The third kappa shape index (κ3) is 1.40. The highest BCUT2D eigenvalue weighted by Crippen LogP contribution is 2.19. The summed E-state index contributed by atoms with van der Waals surface area (Å²) in [5.41, 5.74) is 5.20. The summed E-state index contributed by atoms with van der Waals surface area (Å²) < 4.78 is 1.32. The Labute approximate surface area is 80.6 Å². The fourth-order valence-electron chi connectivity index (χ4n) is 1.10. The zero-order valence-corrected chi connectivity index (χ0v) is 7.85. The standard InChI is InChI=1S/C8H10N4O2/c1-4(2)12-7(10)5(3-9)6(11-12)8(13)14/h4H,10H2,1-2H3,(H,13,14). The monoisotopic (exact) mass is 194 g/mol. The van der Waals surface area contributed by atoms with Crippen LogP contribution in [-0.4, -0.2) is 20.9 Å². The van der Waals surface area contributed by atoms with Crippen LogP contribution in [-0.2, 0) is 0 Å². The number of anilines is 1. The van der Waals surface area contributed by atoms with Gasteiger partial charge >= 0.3 is 5.97 Å². The van der Waals surface area contributed by atoms with Crippen LogP contribution in [0.4, 0.5) is 5.82 Å². The summed E-state index contributed by atoms with van der Waals surface area (Å²) in [5, 5.41) is 21.2. The van der Waals surface area contributed by atoms with Crippen molar-refractivity contribution in [1.82, 2.24) is 9.78 Å². The van der Waals surface area contributed by atoms with Crippen molar-refractivity contribution in [2.45, 2.75) is 19.9 Å². The molecule has 1 aromatic rings. The number of carboxylic acids is 1. The molecule has 1 rings (SSSR count). The molecule has 14 heavy (non-hydrogen) atoms. The third-order valence-corrected chi connectivity index (χ3v) is 1.75. The molecule has 1 aromatic heterocycles. The quantitative estimate of drug-likeness (QED) is 0.717. The number of aromatic carboxylic acids is 1. The van der Waals surface area contributed by atoms with Crippen LogP contribution in [0.3, 0.4) is 0 Å². The number of rotatable bonds is 2. The fraction of sp³-hybridized carbons (Fsp3) is 0.375. The first-order valence-corrected chi connectivity index (χ1v) is 4.00. The summed E-state index contributed by atoms with van der Waals surface area (Å²) in [4.78, 5) is 10.7. The molecule has 0 amide bonds. The fourth-order valence-corrected chi connectivity index (χ4v) is 1.10. The summed E-state index contributed by atoms with van der Waals surface area (Å²) >= 11 is 0. The summed E-state index contributed by atoms with van der Waals surface area (Å²) in [7, 11) is 0. The number of aromatic nitrogens is 2. The number of hydrogen-bond acceptors (Lipinski definition) is 4.